The summed E-state index contributed by atoms with van der Waals surface area (Å²) >= 11 is 0. The van der Waals surface area contributed by atoms with Gasteiger partial charge in [-0.2, -0.15) is 0 Å². The average molecular weight is 893 g/mol. The van der Waals surface area contributed by atoms with Gasteiger partial charge < -0.3 is 13.7 Å². The molecule has 4 nitrogen and oxygen atoms in total. The van der Waals surface area contributed by atoms with Crippen LogP contribution in [0.25, 0.3) is 127 Å². The first-order chi connectivity index (χ1) is 34.5. The van der Waals surface area contributed by atoms with Gasteiger partial charge in [-0.25, -0.2) is 0 Å². The van der Waals surface area contributed by atoms with Crippen molar-refractivity contribution in [3.63, 3.8) is 0 Å². The van der Waals surface area contributed by atoms with Gasteiger partial charge in [0.15, 0.2) is 0 Å². The maximum atomic E-state index is 4.74. The zero-order valence-corrected chi connectivity index (χ0v) is 38.7. The lowest BCUT2D eigenvalue weighted by atomic mass is 9.82. The Kier molecular flexibility index (Phi) is 8.09. The molecule has 4 heteroatoms. The van der Waals surface area contributed by atoms with E-state index in [4.69, 9.17) is 4.98 Å². The summed E-state index contributed by atoms with van der Waals surface area (Å²) in [6.07, 6.45) is 1.88. The molecule has 70 heavy (non-hydrogen) atoms. The average Bonchev–Trinajstić information content (AvgIpc) is 4.11. The Morgan fingerprint density at radius 2 is 0.814 bits per heavy atom. The van der Waals surface area contributed by atoms with E-state index in [1.54, 1.807) is 0 Å². The minimum Gasteiger partial charge on any atom is -0.309 e. The molecule has 15 rings (SSSR count). The summed E-state index contributed by atoms with van der Waals surface area (Å²) in [5, 5.41) is 8.55. The van der Waals surface area contributed by atoms with Gasteiger partial charge in [-0.3, -0.25) is 4.98 Å². The molecule has 1 aliphatic rings. The molecule has 14 aromatic rings. The number of pyridine rings is 1. The molecule has 0 amide bonds. The van der Waals surface area contributed by atoms with Gasteiger partial charge in [0.25, 0.3) is 0 Å². The summed E-state index contributed by atoms with van der Waals surface area (Å²) in [4.78, 5) is 4.74. The molecule has 0 bridgehead atoms. The highest BCUT2D eigenvalue weighted by Gasteiger charge is 2.35. The van der Waals surface area contributed by atoms with E-state index in [9.17, 15) is 0 Å². The first kappa shape index (κ1) is 39.0. The second-order valence-electron chi connectivity index (χ2n) is 19.6. The summed E-state index contributed by atoms with van der Waals surface area (Å²) in [5.74, 6) is 0. The van der Waals surface area contributed by atoms with Crippen molar-refractivity contribution in [1.82, 2.24) is 18.7 Å². The fourth-order valence-corrected chi connectivity index (χ4v) is 12.1. The largest absolute Gasteiger partial charge is 0.309 e. The van der Waals surface area contributed by atoms with Gasteiger partial charge in [0.05, 0.1) is 38.6 Å². The second kappa shape index (κ2) is 14.5. The van der Waals surface area contributed by atoms with Crippen molar-refractivity contribution in [2.45, 2.75) is 19.3 Å². The Morgan fingerprint density at radius 3 is 1.50 bits per heavy atom. The van der Waals surface area contributed by atoms with Crippen LogP contribution in [0.1, 0.15) is 25.0 Å². The first-order valence-electron chi connectivity index (χ1n) is 24.3. The van der Waals surface area contributed by atoms with Crippen molar-refractivity contribution in [2.24, 2.45) is 0 Å². The number of rotatable bonds is 5. The number of nitrogens with zero attached hydrogens (tertiary/aromatic N) is 4. The predicted octanol–water partition coefficient (Wildman–Crippen LogP) is 17.2. The summed E-state index contributed by atoms with van der Waals surface area (Å²) in [5.41, 5.74) is 21.5. The minimum atomic E-state index is -0.119. The van der Waals surface area contributed by atoms with E-state index in [0.717, 1.165) is 22.3 Å². The fourth-order valence-electron chi connectivity index (χ4n) is 12.1. The van der Waals surface area contributed by atoms with Crippen LogP contribution in [0.4, 0.5) is 0 Å². The normalized spacial score (nSPS) is 13.1. The molecule has 0 saturated carbocycles. The van der Waals surface area contributed by atoms with Crippen LogP contribution in [-0.4, -0.2) is 18.7 Å². The van der Waals surface area contributed by atoms with E-state index in [-0.39, 0.29) is 5.41 Å². The molecule has 0 atom stereocenters. The third kappa shape index (κ3) is 5.56. The molecule has 4 heterocycles. The maximum Gasteiger partial charge on any atom is 0.0722 e. The van der Waals surface area contributed by atoms with Crippen LogP contribution in [0.15, 0.2) is 231 Å². The van der Waals surface area contributed by atoms with Crippen molar-refractivity contribution >= 4 is 76.3 Å². The van der Waals surface area contributed by atoms with Crippen molar-refractivity contribution in [2.75, 3.05) is 0 Å². The van der Waals surface area contributed by atoms with Crippen LogP contribution in [0, 0.1) is 0 Å². The molecule has 4 aromatic heterocycles. The van der Waals surface area contributed by atoms with Gasteiger partial charge in [-0.15, -0.1) is 0 Å². The van der Waals surface area contributed by atoms with E-state index in [2.05, 4.69) is 246 Å². The summed E-state index contributed by atoms with van der Waals surface area (Å²) in [6, 6.07) is 83.2. The molecular formula is C66H44N4. The quantitative estimate of drug-likeness (QED) is 0.169. The molecule has 0 radical (unpaired) electrons. The summed E-state index contributed by atoms with van der Waals surface area (Å²) < 4.78 is 7.30. The number of hydrogen-bond donors (Lipinski definition) is 0. The zero-order chi connectivity index (χ0) is 46.2. The predicted molar refractivity (Wildman–Crippen MR) is 293 cm³/mol. The number of fused-ring (bicyclic) bond motifs is 13. The van der Waals surface area contributed by atoms with E-state index in [1.165, 1.54) is 116 Å². The standard InChI is InChI=1S/C66H44N4/c1-66(2)57-19-9-6-16-49(57)50-31-28-47(39-58(50)66)69-62-32-25-42(44-23-29-53-51-17-7-10-20-60(51)68(64(53)37-44)46-14-4-3-5-15-46)35-55(62)56-36-43(26-33-63(56)69)45-24-30-54-52-18-8-11-21-61(52)70(65(54)38-45)48-27-22-41-13-12-34-67-59(41)40-48/h3-40H,1-2H3. The van der Waals surface area contributed by atoms with Crippen molar-refractivity contribution in [3.05, 3.63) is 242 Å². The molecule has 10 aromatic carbocycles. The molecule has 0 N–H and O–H groups in total. The fraction of sp³-hybridized carbons (Fsp3) is 0.0455. The lowest BCUT2D eigenvalue weighted by Crippen LogP contribution is -2.15. The second-order valence-corrected chi connectivity index (χ2v) is 19.6. The van der Waals surface area contributed by atoms with E-state index in [1.807, 2.05) is 12.3 Å². The van der Waals surface area contributed by atoms with Crippen molar-refractivity contribution in [1.29, 1.82) is 0 Å². The first-order valence-corrected chi connectivity index (χ1v) is 24.3. The zero-order valence-electron chi connectivity index (χ0n) is 38.7. The van der Waals surface area contributed by atoms with Crippen LogP contribution in [0.3, 0.4) is 0 Å². The summed E-state index contributed by atoms with van der Waals surface area (Å²) in [6.45, 7) is 4.74. The number of aromatic nitrogens is 4. The van der Waals surface area contributed by atoms with Crippen LogP contribution >= 0.6 is 0 Å². The monoisotopic (exact) mass is 892 g/mol. The van der Waals surface area contributed by atoms with E-state index >= 15 is 0 Å². The maximum absolute atomic E-state index is 4.74. The Labute approximate surface area is 404 Å². The highest BCUT2D eigenvalue weighted by atomic mass is 15.0. The topological polar surface area (TPSA) is 27.7 Å². The van der Waals surface area contributed by atoms with Crippen molar-refractivity contribution < 1.29 is 0 Å². The molecule has 0 unspecified atom stereocenters. The minimum absolute atomic E-state index is 0.119. The van der Waals surface area contributed by atoms with Gasteiger partial charge in [-0.05, 0) is 136 Å². The molecule has 0 fully saturated rings. The number of para-hydroxylation sites is 3. The van der Waals surface area contributed by atoms with E-state index in [0.29, 0.717) is 0 Å². The van der Waals surface area contributed by atoms with Crippen LogP contribution in [0.5, 0.6) is 0 Å². The third-order valence-electron chi connectivity index (χ3n) is 15.5. The van der Waals surface area contributed by atoms with Crippen molar-refractivity contribution in [3.8, 4) is 50.4 Å². The van der Waals surface area contributed by atoms with Gasteiger partial charge in [0.2, 0.25) is 0 Å². The highest BCUT2D eigenvalue weighted by Crippen LogP contribution is 2.50. The van der Waals surface area contributed by atoms with Gasteiger partial charge in [0, 0.05) is 66.4 Å². The molecule has 0 saturated heterocycles. The third-order valence-corrected chi connectivity index (χ3v) is 15.5. The number of benzene rings is 10. The highest BCUT2D eigenvalue weighted by molar-refractivity contribution is 6.14. The summed E-state index contributed by atoms with van der Waals surface area (Å²) in [7, 11) is 0. The number of hydrogen-bond acceptors (Lipinski definition) is 1. The van der Waals surface area contributed by atoms with Crippen LogP contribution < -0.4 is 0 Å². The lowest BCUT2D eigenvalue weighted by molar-refractivity contribution is 0.660. The molecular weight excluding hydrogens is 849 g/mol. The van der Waals surface area contributed by atoms with Gasteiger partial charge in [0.1, 0.15) is 0 Å². The molecule has 0 aliphatic heterocycles. The van der Waals surface area contributed by atoms with Gasteiger partial charge >= 0.3 is 0 Å². The lowest BCUT2D eigenvalue weighted by Gasteiger charge is -2.22. The smallest absolute Gasteiger partial charge is 0.0722 e. The Bertz CT molecular complexity index is 4500. The SMILES string of the molecule is CC1(C)c2ccccc2-c2ccc(-n3c4ccc(-c5ccc6c7ccccc7n(-c7ccccc7)c6c5)cc4c4cc(-c5ccc6c7ccccc7n(-c7ccc8cccnc8c7)c6c5)ccc43)cc21. The Balaban J connectivity index is 0.947. The van der Waals surface area contributed by atoms with Crippen LogP contribution in [-0.2, 0) is 5.41 Å². The van der Waals surface area contributed by atoms with E-state index < -0.39 is 0 Å². The molecule has 1 aliphatic carbocycles. The van der Waals surface area contributed by atoms with Gasteiger partial charge in [-0.1, -0.05) is 147 Å². The molecule has 0 spiro atoms. The van der Waals surface area contributed by atoms with Crippen LogP contribution in [0.2, 0.25) is 0 Å². The molecule has 328 valence electrons. The Hall–Kier alpha value is -8.99. The Morgan fingerprint density at radius 1 is 0.314 bits per heavy atom.